The molecule has 5 heteroatoms. The Labute approximate surface area is 166 Å². The maximum Gasteiger partial charge on any atom is 0.308 e. The molecule has 148 valence electrons. The highest BCUT2D eigenvalue weighted by Gasteiger charge is 2.29. The fourth-order valence-corrected chi connectivity index (χ4v) is 3.78. The van der Waals surface area contributed by atoms with E-state index in [0.29, 0.717) is 32.4 Å². The number of nitrogens with zero attached hydrogens (tertiary/aromatic N) is 1. The number of hydrogen-bond acceptors (Lipinski definition) is 4. The molecule has 5 nitrogen and oxygen atoms in total. The highest BCUT2D eigenvalue weighted by molar-refractivity contribution is 5.78. The van der Waals surface area contributed by atoms with E-state index >= 15 is 0 Å². The van der Waals surface area contributed by atoms with Crippen molar-refractivity contribution >= 4 is 11.9 Å². The molecule has 1 amide bonds. The van der Waals surface area contributed by atoms with Crippen LogP contribution in [0.4, 0.5) is 0 Å². The molecule has 0 aliphatic carbocycles. The number of hydrogen-bond donors (Lipinski definition) is 0. The third-order valence-electron chi connectivity index (χ3n) is 5.48. The molecule has 0 aromatic heterocycles. The van der Waals surface area contributed by atoms with Crippen LogP contribution in [0.25, 0.3) is 0 Å². The summed E-state index contributed by atoms with van der Waals surface area (Å²) in [5.41, 5.74) is 2.20. The largest absolute Gasteiger partial charge is 0.497 e. The van der Waals surface area contributed by atoms with Gasteiger partial charge >= 0.3 is 5.97 Å². The summed E-state index contributed by atoms with van der Waals surface area (Å²) in [5.74, 6) is 0.630. The van der Waals surface area contributed by atoms with Crippen molar-refractivity contribution in [2.45, 2.75) is 25.2 Å². The van der Waals surface area contributed by atoms with E-state index in [1.165, 1.54) is 7.11 Å². The predicted molar refractivity (Wildman–Crippen MR) is 107 cm³/mol. The number of piperidine rings is 1. The van der Waals surface area contributed by atoms with Crippen LogP contribution in [0.5, 0.6) is 5.75 Å². The van der Waals surface area contributed by atoms with Crippen LogP contribution in [0.2, 0.25) is 0 Å². The van der Waals surface area contributed by atoms with E-state index in [-0.39, 0.29) is 23.7 Å². The van der Waals surface area contributed by atoms with Crippen molar-refractivity contribution in [3.05, 3.63) is 65.7 Å². The van der Waals surface area contributed by atoms with E-state index < -0.39 is 0 Å². The maximum absolute atomic E-state index is 13.0. The molecule has 3 rings (SSSR count). The van der Waals surface area contributed by atoms with Gasteiger partial charge < -0.3 is 14.4 Å². The summed E-state index contributed by atoms with van der Waals surface area (Å²) < 4.78 is 10.1. The van der Waals surface area contributed by atoms with Crippen molar-refractivity contribution in [3.8, 4) is 5.75 Å². The van der Waals surface area contributed by atoms with Gasteiger partial charge in [0.05, 0.1) is 20.1 Å². The first-order valence-electron chi connectivity index (χ1n) is 9.67. The van der Waals surface area contributed by atoms with Gasteiger partial charge in [0.1, 0.15) is 5.75 Å². The Hall–Kier alpha value is -2.82. The third kappa shape index (κ3) is 4.71. The molecule has 0 unspecified atom stereocenters. The summed E-state index contributed by atoms with van der Waals surface area (Å²) >= 11 is 0. The highest BCUT2D eigenvalue weighted by atomic mass is 16.5. The molecular weight excluding hydrogens is 354 g/mol. The second-order valence-electron chi connectivity index (χ2n) is 7.12. The molecule has 2 aromatic rings. The summed E-state index contributed by atoms with van der Waals surface area (Å²) in [4.78, 5) is 26.6. The van der Waals surface area contributed by atoms with E-state index in [4.69, 9.17) is 9.47 Å². The van der Waals surface area contributed by atoms with Crippen LogP contribution in [0, 0.1) is 5.92 Å². The zero-order chi connectivity index (χ0) is 19.9. The van der Waals surface area contributed by atoms with Gasteiger partial charge in [0.15, 0.2) is 0 Å². The third-order valence-corrected chi connectivity index (χ3v) is 5.48. The normalized spacial score (nSPS) is 15.7. The molecule has 0 spiro atoms. The van der Waals surface area contributed by atoms with Crippen LogP contribution in [0.3, 0.4) is 0 Å². The first kappa shape index (κ1) is 19.9. The molecule has 1 aliphatic rings. The average Bonchev–Trinajstić information content (AvgIpc) is 2.77. The molecule has 0 N–H and O–H groups in total. The SMILES string of the molecule is COC(=O)C1CCN(C(=O)C[C@H](c2ccccc2)c2ccc(OC)cc2)CC1. The lowest BCUT2D eigenvalue weighted by atomic mass is 9.87. The van der Waals surface area contributed by atoms with Gasteiger partial charge in [-0.25, -0.2) is 0 Å². The number of amides is 1. The molecule has 1 heterocycles. The molecule has 1 fully saturated rings. The van der Waals surface area contributed by atoms with Crippen molar-refractivity contribution in [1.82, 2.24) is 4.90 Å². The number of esters is 1. The standard InChI is InChI=1S/C23H27NO4/c1-27-20-10-8-18(9-11-20)21(17-6-4-3-5-7-17)16-22(25)24-14-12-19(13-15-24)23(26)28-2/h3-11,19,21H,12-16H2,1-2H3/t21-/m1/s1. The first-order valence-corrected chi connectivity index (χ1v) is 9.67. The van der Waals surface area contributed by atoms with Crippen molar-refractivity contribution in [3.63, 3.8) is 0 Å². The topological polar surface area (TPSA) is 55.8 Å². The minimum absolute atomic E-state index is 0.0158. The molecule has 1 atom stereocenters. The van der Waals surface area contributed by atoms with E-state index in [2.05, 4.69) is 12.1 Å². The zero-order valence-electron chi connectivity index (χ0n) is 16.5. The van der Waals surface area contributed by atoms with Crippen LogP contribution in [0.15, 0.2) is 54.6 Å². The zero-order valence-corrected chi connectivity index (χ0v) is 16.5. The number of methoxy groups -OCH3 is 2. The smallest absolute Gasteiger partial charge is 0.308 e. The first-order chi connectivity index (χ1) is 13.6. The molecule has 1 aliphatic heterocycles. The van der Waals surface area contributed by atoms with Gasteiger partial charge in [-0.2, -0.15) is 0 Å². The van der Waals surface area contributed by atoms with E-state index in [1.54, 1.807) is 7.11 Å². The molecule has 0 saturated carbocycles. The van der Waals surface area contributed by atoms with E-state index in [0.717, 1.165) is 16.9 Å². The van der Waals surface area contributed by atoms with Gasteiger partial charge in [-0.05, 0) is 36.1 Å². The Bertz CT molecular complexity index is 780. The molecule has 0 bridgehead atoms. The summed E-state index contributed by atoms with van der Waals surface area (Å²) in [6, 6.07) is 18.0. The number of carbonyl (C=O) groups is 2. The van der Waals surface area contributed by atoms with Gasteiger partial charge in [-0.1, -0.05) is 42.5 Å². The minimum Gasteiger partial charge on any atom is -0.497 e. The Kier molecular flexibility index (Phi) is 6.69. The van der Waals surface area contributed by atoms with Gasteiger partial charge in [-0.15, -0.1) is 0 Å². The quantitative estimate of drug-likeness (QED) is 0.717. The fraction of sp³-hybridized carbons (Fsp3) is 0.391. The van der Waals surface area contributed by atoms with Crippen LogP contribution < -0.4 is 4.74 Å². The van der Waals surface area contributed by atoms with Crippen LogP contribution >= 0.6 is 0 Å². The minimum atomic E-state index is -0.174. The van der Waals surface area contributed by atoms with E-state index in [9.17, 15) is 9.59 Å². The van der Waals surface area contributed by atoms with Gasteiger partial charge in [0.25, 0.3) is 0 Å². The monoisotopic (exact) mass is 381 g/mol. The van der Waals surface area contributed by atoms with Crippen molar-refractivity contribution in [1.29, 1.82) is 0 Å². The van der Waals surface area contributed by atoms with Gasteiger partial charge in [0.2, 0.25) is 5.91 Å². The summed E-state index contributed by atoms with van der Waals surface area (Å²) in [6.07, 6.45) is 1.73. The number of rotatable bonds is 6. The summed E-state index contributed by atoms with van der Waals surface area (Å²) in [7, 11) is 3.06. The Morgan fingerprint density at radius 2 is 1.57 bits per heavy atom. The summed E-state index contributed by atoms with van der Waals surface area (Å²) in [5, 5.41) is 0. The van der Waals surface area contributed by atoms with Crippen molar-refractivity contribution in [2.75, 3.05) is 27.3 Å². The summed E-state index contributed by atoms with van der Waals surface area (Å²) in [6.45, 7) is 1.20. The lowest BCUT2D eigenvalue weighted by Crippen LogP contribution is -2.41. The van der Waals surface area contributed by atoms with Crippen LogP contribution in [0.1, 0.15) is 36.3 Å². The number of ether oxygens (including phenoxy) is 2. The Morgan fingerprint density at radius 1 is 0.964 bits per heavy atom. The van der Waals surface area contributed by atoms with Crippen molar-refractivity contribution in [2.24, 2.45) is 5.92 Å². The highest BCUT2D eigenvalue weighted by Crippen LogP contribution is 2.31. The number of benzene rings is 2. The molecule has 28 heavy (non-hydrogen) atoms. The average molecular weight is 381 g/mol. The molecule has 2 aromatic carbocycles. The second-order valence-corrected chi connectivity index (χ2v) is 7.12. The van der Waals surface area contributed by atoms with Gasteiger partial charge in [0, 0.05) is 25.4 Å². The fourth-order valence-electron chi connectivity index (χ4n) is 3.78. The van der Waals surface area contributed by atoms with Crippen molar-refractivity contribution < 1.29 is 19.1 Å². The number of likely N-dealkylation sites (tertiary alicyclic amines) is 1. The lowest BCUT2D eigenvalue weighted by molar-refractivity contribution is -0.148. The lowest BCUT2D eigenvalue weighted by Gasteiger charge is -2.32. The maximum atomic E-state index is 13.0. The molecular formula is C23H27NO4. The predicted octanol–water partition coefficient (Wildman–Crippen LogP) is 3.63. The van der Waals surface area contributed by atoms with E-state index in [1.807, 2.05) is 47.4 Å². The van der Waals surface area contributed by atoms with Gasteiger partial charge in [-0.3, -0.25) is 9.59 Å². The Balaban J connectivity index is 1.73. The number of carbonyl (C=O) groups excluding carboxylic acids is 2. The molecule has 0 radical (unpaired) electrons. The second kappa shape index (κ2) is 9.40. The Morgan fingerprint density at radius 3 is 2.14 bits per heavy atom. The van der Waals surface area contributed by atoms with Crippen LogP contribution in [-0.4, -0.2) is 44.1 Å². The molecule has 1 saturated heterocycles. The van der Waals surface area contributed by atoms with Crippen LogP contribution in [-0.2, 0) is 14.3 Å².